The Morgan fingerprint density at radius 1 is 1.46 bits per heavy atom. The van der Waals surface area contributed by atoms with Crippen molar-refractivity contribution in [1.29, 1.82) is 0 Å². The van der Waals surface area contributed by atoms with Crippen LogP contribution in [0, 0.1) is 0 Å². The lowest BCUT2D eigenvalue weighted by Gasteiger charge is -2.22. The molecule has 1 heterocycles. The Balaban J connectivity index is 2.47. The highest BCUT2D eigenvalue weighted by Gasteiger charge is 2.25. The number of rotatable bonds is 4. The zero-order valence-electron chi connectivity index (χ0n) is 8.25. The molecule has 0 bridgehead atoms. The van der Waals surface area contributed by atoms with E-state index < -0.39 is 9.84 Å². The van der Waals surface area contributed by atoms with Crippen LogP contribution in [0.3, 0.4) is 0 Å². The Kier molecular flexibility index (Phi) is 4.19. The van der Waals surface area contributed by atoms with Crippen molar-refractivity contribution in [3.63, 3.8) is 0 Å². The first-order valence-corrected chi connectivity index (χ1v) is 6.80. The second kappa shape index (κ2) is 4.96. The van der Waals surface area contributed by atoms with Crippen LogP contribution >= 0.6 is 0 Å². The minimum absolute atomic E-state index is 0.118. The van der Waals surface area contributed by atoms with E-state index in [-0.39, 0.29) is 5.25 Å². The fourth-order valence-corrected chi connectivity index (χ4v) is 3.56. The summed E-state index contributed by atoms with van der Waals surface area (Å²) < 4.78 is 23.4. The van der Waals surface area contributed by atoms with Crippen LogP contribution in [0.4, 0.5) is 0 Å². The summed E-state index contributed by atoms with van der Waals surface area (Å²) in [5, 5.41) is 3.02. The first kappa shape index (κ1) is 11.0. The number of hydrogen-bond donors (Lipinski definition) is 1. The van der Waals surface area contributed by atoms with Crippen LogP contribution in [0.25, 0.3) is 0 Å². The van der Waals surface area contributed by atoms with Gasteiger partial charge in [0.2, 0.25) is 0 Å². The van der Waals surface area contributed by atoms with Gasteiger partial charge in [0.25, 0.3) is 0 Å². The third-order valence-corrected chi connectivity index (χ3v) is 4.82. The van der Waals surface area contributed by atoms with Gasteiger partial charge < -0.3 is 5.32 Å². The molecule has 0 saturated carbocycles. The number of unbranched alkanes of at least 4 members (excludes halogenated alkanes) is 1. The molecule has 1 N–H and O–H groups in total. The van der Waals surface area contributed by atoms with Crippen molar-refractivity contribution in [2.24, 2.45) is 0 Å². The van der Waals surface area contributed by atoms with Gasteiger partial charge >= 0.3 is 0 Å². The van der Waals surface area contributed by atoms with E-state index in [9.17, 15) is 8.42 Å². The lowest BCUT2D eigenvalue weighted by Crippen LogP contribution is -2.39. The Hall–Kier alpha value is -0.0900. The summed E-state index contributed by atoms with van der Waals surface area (Å²) >= 11 is 0. The summed E-state index contributed by atoms with van der Waals surface area (Å²) in [5.41, 5.74) is 0. The van der Waals surface area contributed by atoms with Crippen molar-refractivity contribution in [2.45, 2.75) is 37.9 Å². The monoisotopic (exact) mass is 205 g/mol. The average molecular weight is 205 g/mol. The maximum atomic E-state index is 11.7. The molecule has 0 amide bonds. The molecule has 0 aromatic heterocycles. The maximum absolute atomic E-state index is 11.7. The van der Waals surface area contributed by atoms with Crippen LogP contribution in [-0.2, 0) is 9.84 Å². The quantitative estimate of drug-likeness (QED) is 0.743. The molecule has 1 rings (SSSR count). The van der Waals surface area contributed by atoms with Gasteiger partial charge in [-0.15, -0.1) is 0 Å². The summed E-state index contributed by atoms with van der Waals surface area (Å²) in [6, 6.07) is 0. The van der Waals surface area contributed by atoms with E-state index in [1.165, 1.54) is 0 Å². The van der Waals surface area contributed by atoms with Gasteiger partial charge in [0.05, 0.1) is 11.0 Å². The second-order valence-electron chi connectivity index (χ2n) is 3.69. The molecule has 3 nitrogen and oxygen atoms in total. The molecule has 1 atom stereocenters. The first-order chi connectivity index (χ1) is 6.17. The first-order valence-electron chi connectivity index (χ1n) is 5.09. The molecule has 1 aliphatic rings. The van der Waals surface area contributed by atoms with Crippen LogP contribution in [-0.4, -0.2) is 32.5 Å². The van der Waals surface area contributed by atoms with Crippen LogP contribution in [0.2, 0.25) is 0 Å². The molecule has 0 aromatic carbocycles. The minimum atomic E-state index is -2.81. The summed E-state index contributed by atoms with van der Waals surface area (Å²) in [7, 11) is -2.81. The molecule has 0 radical (unpaired) electrons. The molecular weight excluding hydrogens is 186 g/mol. The lowest BCUT2D eigenvalue weighted by atomic mass is 10.2. The Morgan fingerprint density at radius 2 is 2.23 bits per heavy atom. The summed E-state index contributed by atoms with van der Waals surface area (Å²) in [4.78, 5) is 0. The predicted molar refractivity (Wildman–Crippen MR) is 54.6 cm³/mol. The van der Waals surface area contributed by atoms with Gasteiger partial charge in [-0.3, -0.25) is 0 Å². The highest BCUT2D eigenvalue weighted by Crippen LogP contribution is 2.13. The Morgan fingerprint density at radius 3 is 2.77 bits per heavy atom. The van der Waals surface area contributed by atoms with Gasteiger partial charge in [-0.2, -0.15) is 0 Å². The van der Waals surface area contributed by atoms with Crippen molar-refractivity contribution in [3.8, 4) is 0 Å². The average Bonchev–Trinajstić information content (AvgIpc) is 2.16. The van der Waals surface area contributed by atoms with Gasteiger partial charge in [-0.05, 0) is 25.8 Å². The van der Waals surface area contributed by atoms with Crippen LogP contribution < -0.4 is 5.32 Å². The smallest absolute Gasteiger partial charge is 0.154 e. The Bertz CT molecular complexity index is 230. The molecule has 0 aliphatic carbocycles. The molecule has 1 saturated heterocycles. The number of sulfone groups is 1. The number of piperidine rings is 1. The highest BCUT2D eigenvalue weighted by atomic mass is 32.2. The summed E-state index contributed by atoms with van der Waals surface area (Å²) in [5.74, 6) is 0.371. The highest BCUT2D eigenvalue weighted by molar-refractivity contribution is 7.92. The zero-order valence-corrected chi connectivity index (χ0v) is 9.07. The van der Waals surface area contributed by atoms with Gasteiger partial charge in [0, 0.05) is 6.54 Å². The van der Waals surface area contributed by atoms with Gasteiger partial charge in [-0.1, -0.05) is 13.3 Å². The van der Waals surface area contributed by atoms with Crippen molar-refractivity contribution in [1.82, 2.24) is 5.32 Å². The summed E-state index contributed by atoms with van der Waals surface area (Å²) in [6.45, 7) is 3.65. The fourth-order valence-electron chi connectivity index (χ4n) is 1.64. The third-order valence-electron chi connectivity index (χ3n) is 2.54. The molecule has 1 aliphatic heterocycles. The van der Waals surface area contributed by atoms with E-state index in [0.717, 1.165) is 32.2 Å². The number of nitrogens with one attached hydrogen (secondary N) is 1. The largest absolute Gasteiger partial charge is 0.315 e. The third kappa shape index (κ3) is 3.27. The molecule has 4 heteroatoms. The number of hydrogen-bond acceptors (Lipinski definition) is 3. The van der Waals surface area contributed by atoms with Crippen molar-refractivity contribution >= 4 is 9.84 Å². The van der Waals surface area contributed by atoms with Crippen LogP contribution in [0.15, 0.2) is 0 Å². The predicted octanol–water partition coefficient (Wildman–Crippen LogP) is 0.953. The van der Waals surface area contributed by atoms with E-state index in [0.29, 0.717) is 12.3 Å². The van der Waals surface area contributed by atoms with E-state index in [4.69, 9.17) is 0 Å². The molecule has 13 heavy (non-hydrogen) atoms. The molecule has 78 valence electrons. The van der Waals surface area contributed by atoms with E-state index in [1.807, 2.05) is 6.92 Å². The molecule has 1 unspecified atom stereocenters. The second-order valence-corrected chi connectivity index (χ2v) is 6.09. The summed E-state index contributed by atoms with van der Waals surface area (Å²) in [6.07, 6.45) is 3.60. The Labute approximate surface area is 80.8 Å². The lowest BCUT2D eigenvalue weighted by molar-refractivity contribution is 0.496. The van der Waals surface area contributed by atoms with Gasteiger partial charge in [0.1, 0.15) is 0 Å². The van der Waals surface area contributed by atoms with Crippen LogP contribution in [0.5, 0.6) is 0 Å². The van der Waals surface area contributed by atoms with Crippen LogP contribution in [0.1, 0.15) is 32.6 Å². The van der Waals surface area contributed by atoms with Crippen molar-refractivity contribution in [2.75, 3.05) is 18.8 Å². The van der Waals surface area contributed by atoms with E-state index in [1.54, 1.807) is 0 Å². The van der Waals surface area contributed by atoms with Gasteiger partial charge in [0.15, 0.2) is 9.84 Å². The van der Waals surface area contributed by atoms with Crippen molar-refractivity contribution in [3.05, 3.63) is 0 Å². The van der Waals surface area contributed by atoms with Gasteiger partial charge in [-0.25, -0.2) is 8.42 Å². The van der Waals surface area contributed by atoms with E-state index >= 15 is 0 Å². The molecule has 0 aromatic rings. The maximum Gasteiger partial charge on any atom is 0.154 e. The normalized spacial score (nSPS) is 24.5. The molecular formula is C9H19NO2S. The molecule has 1 fully saturated rings. The standard InChI is InChI=1S/C9H19NO2S/c1-2-3-7-13(11,12)9-5-4-6-10-8-9/h9-10H,2-8H2,1H3. The zero-order chi connectivity index (χ0) is 9.73. The minimum Gasteiger partial charge on any atom is -0.315 e. The SMILES string of the molecule is CCCCS(=O)(=O)C1CCCNC1. The molecule has 0 spiro atoms. The van der Waals surface area contributed by atoms with Crippen molar-refractivity contribution < 1.29 is 8.42 Å². The topological polar surface area (TPSA) is 46.2 Å². The van der Waals surface area contributed by atoms with E-state index in [2.05, 4.69) is 5.32 Å². The fraction of sp³-hybridized carbons (Fsp3) is 1.00.